The second kappa shape index (κ2) is 9.52. The maximum absolute atomic E-state index is 13.1. The van der Waals surface area contributed by atoms with Crippen molar-refractivity contribution >= 4 is 10.0 Å². The van der Waals surface area contributed by atoms with Crippen molar-refractivity contribution in [2.45, 2.75) is 10.9 Å². The number of nitrogens with one attached hydrogen (secondary N) is 1. The largest absolute Gasteiger partial charge is 0.454 e. The molecule has 1 fully saturated rings. The molecule has 5 rings (SSSR count). The van der Waals surface area contributed by atoms with Crippen molar-refractivity contribution < 1.29 is 22.6 Å². The van der Waals surface area contributed by atoms with Crippen LogP contribution in [0.1, 0.15) is 11.6 Å². The quantitative estimate of drug-likeness (QED) is 0.575. The summed E-state index contributed by atoms with van der Waals surface area (Å²) in [5.74, 6) is 1.39. The van der Waals surface area contributed by atoms with Gasteiger partial charge in [0, 0.05) is 25.7 Å². The number of hydrogen-bond donors (Lipinski definition) is 1. The van der Waals surface area contributed by atoms with E-state index in [0.29, 0.717) is 24.7 Å². The van der Waals surface area contributed by atoms with Gasteiger partial charge in [0.15, 0.2) is 11.5 Å². The molecule has 1 saturated heterocycles. The first-order valence-electron chi connectivity index (χ1n) is 11.0. The van der Waals surface area contributed by atoms with Gasteiger partial charge in [-0.05, 0) is 41.0 Å². The van der Waals surface area contributed by atoms with E-state index >= 15 is 0 Å². The molecule has 3 aromatic rings. The van der Waals surface area contributed by atoms with E-state index < -0.39 is 10.0 Å². The predicted octanol–water partition coefficient (Wildman–Crippen LogP) is 3.43. The molecule has 0 spiro atoms. The van der Waals surface area contributed by atoms with Gasteiger partial charge in [0.05, 0.1) is 18.1 Å². The van der Waals surface area contributed by atoms with Gasteiger partial charge in [0.1, 0.15) is 0 Å². The maximum Gasteiger partial charge on any atom is 0.240 e. The highest BCUT2D eigenvalue weighted by Crippen LogP contribution is 2.35. The lowest BCUT2D eigenvalue weighted by Crippen LogP contribution is -2.43. The third-order valence-electron chi connectivity index (χ3n) is 6.01. The van der Waals surface area contributed by atoms with Gasteiger partial charge in [-0.15, -0.1) is 0 Å². The van der Waals surface area contributed by atoms with Crippen molar-refractivity contribution in [1.82, 2.24) is 9.62 Å². The molecule has 172 valence electrons. The van der Waals surface area contributed by atoms with E-state index in [4.69, 9.17) is 14.2 Å². The standard InChI is InChI=1S/C25H26N2O5S/c28-33(29,22-9-6-20(7-10-22)19-4-2-1-3-5-19)26-17-23(27-12-14-30-15-13-27)21-8-11-24-25(16-21)32-18-31-24/h1-11,16,23,26H,12-15,17-18H2/t23-/m1/s1. The van der Waals surface area contributed by atoms with Crippen molar-refractivity contribution in [2.75, 3.05) is 39.6 Å². The van der Waals surface area contributed by atoms with Crippen LogP contribution < -0.4 is 14.2 Å². The van der Waals surface area contributed by atoms with Crippen LogP contribution in [0.4, 0.5) is 0 Å². The van der Waals surface area contributed by atoms with Crippen LogP contribution in [-0.2, 0) is 14.8 Å². The van der Waals surface area contributed by atoms with E-state index in [2.05, 4.69) is 9.62 Å². The van der Waals surface area contributed by atoms with Gasteiger partial charge in [-0.25, -0.2) is 13.1 Å². The molecule has 7 nitrogen and oxygen atoms in total. The van der Waals surface area contributed by atoms with Crippen molar-refractivity contribution in [3.8, 4) is 22.6 Å². The fraction of sp³-hybridized carbons (Fsp3) is 0.280. The van der Waals surface area contributed by atoms with E-state index in [9.17, 15) is 8.42 Å². The van der Waals surface area contributed by atoms with Gasteiger partial charge < -0.3 is 14.2 Å². The van der Waals surface area contributed by atoms with E-state index in [1.807, 2.05) is 60.7 Å². The molecule has 3 aromatic carbocycles. The van der Waals surface area contributed by atoms with Gasteiger partial charge in [-0.1, -0.05) is 48.5 Å². The van der Waals surface area contributed by atoms with Crippen LogP contribution in [0.15, 0.2) is 77.7 Å². The Balaban J connectivity index is 1.34. The average Bonchev–Trinajstić information content (AvgIpc) is 3.34. The van der Waals surface area contributed by atoms with E-state index in [0.717, 1.165) is 29.8 Å². The summed E-state index contributed by atoms with van der Waals surface area (Å²) in [6.45, 7) is 3.14. The molecular formula is C25H26N2O5S. The Morgan fingerprint density at radius 3 is 2.30 bits per heavy atom. The molecule has 0 aliphatic carbocycles. The molecular weight excluding hydrogens is 440 g/mol. The molecule has 8 heteroatoms. The van der Waals surface area contributed by atoms with Crippen molar-refractivity contribution in [3.63, 3.8) is 0 Å². The third kappa shape index (κ3) is 4.89. The molecule has 0 aromatic heterocycles. The molecule has 2 aliphatic rings. The minimum absolute atomic E-state index is 0.151. The molecule has 0 bridgehead atoms. The fourth-order valence-corrected chi connectivity index (χ4v) is 5.23. The average molecular weight is 467 g/mol. The molecule has 0 saturated carbocycles. The molecule has 33 heavy (non-hydrogen) atoms. The highest BCUT2D eigenvalue weighted by molar-refractivity contribution is 7.89. The highest BCUT2D eigenvalue weighted by Gasteiger charge is 2.27. The number of fused-ring (bicyclic) bond motifs is 1. The minimum Gasteiger partial charge on any atom is -0.454 e. The number of rotatable bonds is 7. The van der Waals surface area contributed by atoms with Crippen LogP contribution in [0, 0.1) is 0 Å². The highest BCUT2D eigenvalue weighted by atomic mass is 32.2. The number of benzene rings is 3. The summed E-state index contributed by atoms with van der Waals surface area (Å²) < 4.78 is 45.4. The van der Waals surface area contributed by atoms with Crippen molar-refractivity contribution in [1.29, 1.82) is 0 Å². The first-order chi connectivity index (χ1) is 16.1. The summed E-state index contributed by atoms with van der Waals surface area (Å²) in [6.07, 6.45) is 0. The zero-order valence-corrected chi connectivity index (χ0v) is 19.0. The zero-order valence-electron chi connectivity index (χ0n) is 18.1. The lowest BCUT2D eigenvalue weighted by molar-refractivity contribution is 0.0171. The predicted molar refractivity (Wildman–Crippen MR) is 125 cm³/mol. The summed E-state index contributed by atoms with van der Waals surface area (Å²) in [5, 5.41) is 0. The molecule has 1 atom stereocenters. The van der Waals surface area contributed by atoms with Crippen LogP contribution in [0.25, 0.3) is 11.1 Å². The van der Waals surface area contributed by atoms with Crippen LogP contribution in [0.3, 0.4) is 0 Å². The first-order valence-corrected chi connectivity index (χ1v) is 12.4. The second-order valence-electron chi connectivity index (χ2n) is 8.02. The smallest absolute Gasteiger partial charge is 0.240 e. The number of ether oxygens (including phenoxy) is 3. The maximum atomic E-state index is 13.1. The molecule has 0 amide bonds. The van der Waals surface area contributed by atoms with Gasteiger partial charge in [0.2, 0.25) is 16.8 Å². The van der Waals surface area contributed by atoms with Crippen molar-refractivity contribution in [3.05, 3.63) is 78.4 Å². The Labute approximate surface area is 193 Å². The Kier molecular flexibility index (Phi) is 6.32. The summed E-state index contributed by atoms with van der Waals surface area (Å²) in [4.78, 5) is 2.48. The Morgan fingerprint density at radius 1 is 0.848 bits per heavy atom. The number of sulfonamides is 1. The molecule has 1 N–H and O–H groups in total. The van der Waals surface area contributed by atoms with Crippen LogP contribution >= 0.6 is 0 Å². The molecule has 0 unspecified atom stereocenters. The summed E-state index contributed by atoms with van der Waals surface area (Å²) >= 11 is 0. The summed E-state index contributed by atoms with van der Waals surface area (Å²) in [5.41, 5.74) is 2.99. The van der Waals surface area contributed by atoms with Gasteiger partial charge >= 0.3 is 0 Å². The van der Waals surface area contributed by atoms with E-state index in [1.54, 1.807) is 12.1 Å². The normalized spacial score (nSPS) is 17.1. The Morgan fingerprint density at radius 2 is 1.55 bits per heavy atom. The minimum atomic E-state index is -3.68. The van der Waals surface area contributed by atoms with Gasteiger partial charge in [0.25, 0.3) is 0 Å². The molecule has 2 aliphatic heterocycles. The van der Waals surface area contributed by atoms with Crippen LogP contribution in [0.5, 0.6) is 11.5 Å². The van der Waals surface area contributed by atoms with E-state index in [-0.39, 0.29) is 24.3 Å². The number of nitrogens with zero attached hydrogens (tertiary/aromatic N) is 1. The fourth-order valence-electron chi connectivity index (χ4n) is 4.20. The SMILES string of the molecule is O=S(=O)(NC[C@H](c1ccc2c(c1)OCO2)N1CCOCC1)c1ccc(-c2ccccc2)cc1. The Bertz CT molecular complexity index is 1190. The van der Waals surface area contributed by atoms with Crippen LogP contribution in [0.2, 0.25) is 0 Å². The van der Waals surface area contributed by atoms with E-state index in [1.165, 1.54) is 0 Å². The summed E-state index contributed by atoms with van der Waals surface area (Å²) in [7, 11) is -3.68. The monoisotopic (exact) mass is 466 g/mol. The number of morpholine rings is 1. The van der Waals surface area contributed by atoms with Gasteiger partial charge in [-0.2, -0.15) is 0 Å². The van der Waals surface area contributed by atoms with Crippen molar-refractivity contribution in [2.24, 2.45) is 0 Å². The topological polar surface area (TPSA) is 77.1 Å². The lowest BCUT2D eigenvalue weighted by atomic mass is 10.0. The lowest BCUT2D eigenvalue weighted by Gasteiger charge is -2.35. The second-order valence-corrected chi connectivity index (χ2v) is 9.79. The number of hydrogen-bond acceptors (Lipinski definition) is 6. The third-order valence-corrected chi connectivity index (χ3v) is 7.45. The zero-order chi connectivity index (χ0) is 22.7. The Hall–Kier alpha value is -2.91. The first kappa shape index (κ1) is 21.9. The van der Waals surface area contributed by atoms with Gasteiger partial charge in [-0.3, -0.25) is 4.90 Å². The molecule has 0 radical (unpaired) electrons. The van der Waals surface area contributed by atoms with Crippen LogP contribution in [-0.4, -0.2) is 53.0 Å². The summed E-state index contributed by atoms with van der Waals surface area (Å²) in [6, 6.07) is 22.5. The molecule has 2 heterocycles.